The zero-order valence-corrected chi connectivity index (χ0v) is 10.9. The molecule has 0 radical (unpaired) electrons. The van der Waals surface area contributed by atoms with E-state index in [1.54, 1.807) is 0 Å². The molecule has 0 aliphatic rings. The highest BCUT2D eigenvalue weighted by Crippen LogP contribution is 2.18. The van der Waals surface area contributed by atoms with E-state index in [0.29, 0.717) is 6.04 Å². The van der Waals surface area contributed by atoms with Crippen LogP contribution in [0.5, 0.6) is 0 Å². The largest absolute Gasteiger partial charge is 0.353 e. The molecule has 3 heteroatoms. The Morgan fingerprint density at radius 1 is 1.12 bits per heavy atom. The van der Waals surface area contributed by atoms with Crippen molar-refractivity contribution in [3.8, 4) is 5.69 Å². The molecule has 0 aliphatic carbocycles. The number of nitrogens with zero attached hydrogens (tertiary/aromatic N) is 2. The highest BCUT2D eigenvalue weighted by atomic mass is 15.2. The molecule has 2 rings (SSSR count). The minimum absolute atomic E-state index is 0.377. The van der Waals surface area contributed by atoms with Gasteiger partial charge in [-0.3, -0.25) is 4.57 Å². The highest BCUT2D eigenvalue weighted by molar-refractivity contribution is 5.45. The van der Waals surface area contributed by atoms with Gasteiger partial charge in [0.15, 0.2) is 0 Å². The van der Waals surface area contributed by atoms with E-state index in [1.165, 1.54) is 11.1 Å². The lowest BCUT2D eigenvalue weighted by Gasteiger charge is -2.13. The van der Waals surface area contributed by atoms with Gasteiger partial charge < -0.3 is 5.32 Å². The van der Waals surface area contributed by atoms with Crippen LogP contribution in [0.15, 0.2) is 30.6 Å². The number of aryl methyl sites for hydroxylation is 2. The Morgan fingerprint density at radius 2 is 1.76 bits per heavy atom. The fourth-order valence-corrected chi connectivity index (χ4v) is 1.97. The molecule has 0 saturated heterocycles. The molecule has 1 aromatic heterocycles. The summed E-state index contributed by atoms with van der Waals surface area (Å²) in [5, 5.41) is 3.34. The number of nitrogens with one attached hydrogen (secondary N) is 1. The standard InChI is InChI=1S/C14H19N3/c1-10(2)16-14-15-5-6-17(14)13-8-11(3)7-12(4)9-13/h5-10H,1-4H3,(H,15,16). The van der Waals surface area contributed by atoms with Gasteiger partial charge in [0.05, 0.1) is 0 Å². The average Bonchev–Trinajstić information content (AvgIpc) is 2.63. The molecule has 0 amide bonds. The normalized spacial score (nSPS) is 10.9. The maximum absolute atomic E-state index is 4.34. The molecule has 1 aromatic carbocycles. The maximum atomic E-state index is 4.34. The van der Waals surface area contributed by atoms with Gasteiger partial charge in [0, 0.05) is 24.1 Å². The first kappa shape index (κ1) is 11.7. The lowest BCUT2D eigenvalue weighted by atomic mass is 10.1. The smallest absolute Gasteiger partial charge is 0.207 e. The molecule has 17 heavy (non-hydrogen) atoms. The summed E-state index contributed by atoms with van der Waals surface area (Å²) in [5.74, 6) is 0.894. The van der Waals surface area contributed by atoms with Crippen LogP contribution in [0.4, 0.5) is 5.95 Å². The van der Waals surface area contributed by atoms with Crippen molar-refractivity contribution in [2.24, 2.45) is 0 Å². The van der Waals surface area contributed by atoms with Crippen LogP contribution in [0, 0.1) is 13.8 Å². The molecule has 3 nitrogen and oxygen atoms in total. The molecule has 2 aromatic rings. The molecule has 90 valence electrons. The van der Waals surface area contributed by atoms with Crippen LogP contribution in [0.3, 0.4) is 0 Å². The molecule has 0 bridgehead atoms. The second-order valence-corrected chi connectivity index (χ2v) is 4.77. The Balaban J connectivity index is 2.42. The van der Waals surface area contributed by atoms with E-state index < -0.39 is 0 Å². The first-order valence-corrected chi connectivity index (χ1v) is 5.95. The van der Waals surface area contributed by atoms with Crippen LogP contribution in [-0.2, 0) is 0 Å². The van der Waals surface area contributed by atoms with Crippen molar-refractivity contribution >= 4 is 5.95 Å². The number of anilines is 1. The molecular weight excluding hydrogens is 210 g/mol. The number of hydrogen-bond donors (Lipinski definition) is 1. The maximum Gasteiger partial charge on any atom is 0.207 e. The van der Waals surface area contributed by atoms with E-state index in [9.17, 15) is 0 Å². The first-order chi connectivity index (χ1) is 8.06. The molecule has 0 fully saturated rings. The van der Waals surface area contributed by atoms with Gasteiger partial charge >= 0.3 is 0 Å². The number of aromatic nitrogens is 2. The van der Waals surface area contributed by atoms with Crippen molar-refractivity contribution in [2.75, 3.05) is 5.32 Å². The Kier molecular flexibility index (Phi) is 3.18. The summed E-state index contributed by atoms with van der Waals surface area (Å²) in [7, 11) is 0. The molecular formula is C14H19N3. The fourth-order valence-electron chi connectivity index (χ4n) is 1.97. The van der Waals surface area contributed by atoms with Gasteiger partial charge in [0.2, 0.25) is 5.95 Å². The number of imidazole rings is 1. The van der Waals surface area contributed by atoms with Gasteiger partial charge in [-0.05, 0) is 51.0 Å². The monoisotopic (exact) mass is 229 g/mol. The summed E-state index contributed by atoms with van der Waals surface area (Å²) in [6, 6.07) is 6.89. The van der Waals surface area contributed by atoms with Crippen molar-refractivity contribution in [2.45, 2.75) is 33.7 Å². The van der Waals surface area contributed by atoms with Crippen LogP contribution in [0.2, 0.25) is 0 Å². The quantitative estimate of drug-likeness (QED) is 0.875. The van der Waals surface area contributed by atoms with E-state index in [2.05, 4.69) is 60.8 Å². The molecule has 1 heterocycles. The van der Waals surface area contributed by atoms with Crippen LogP contribution in [0.1, 0.15) is 25.0 Å². The van der Waals surface area contributed by atoms with Crippen molar-refractivity contribution < 1.29 is 0 Å². The molecule has 0 atom stereocenters. The van der Waals surface area contributed by atoms with Crippen molar-refractivity contribution in [3.05, 3.63) is 41.7 Å². The zero-order valence-electron chi connectivity index (χ0n) is 10.9. The average molecular weight is 229 g/mol. The summed E-state index contributed by atoms with van der Waals surface area (Å²) in [4.78, 5) is 4.34. The Bertz CT molecular complexity index is 492. The lowest BCUT2D eigenvalue weighted by molar-refractivity contribution is 0.864. The summed E-state index contributed by atoms with van der Waals surface area (Å²) >= 11 is 0. The summed E-state index contributed by atoms with van der Waals surface area (Å²) in [6.45, 7) is 8.45. The molecule has 0 spiro atoms. The molecule has 0 aliphatic heterocycles. The second kappa shape index (κ2) is 4.62. The SMILES string of the molecule is Cc1cc(C)cc(-n2ccnc2NC(C)C)c1. The Morgan fingerprint density at radius 3 is 2.35 bits per heavy atom. The van der Waals surface area contributed by atoms with Gasteiger partial charge in [-0.2, -0.15) is 0 Å². The van der Waals surface area contributed by atoms with Gasteiger partial charge in [0.25, 0.3) is 0 Å². The van der Waals surface area contributed by atoms with Gasteiger partial charge in [-0.15, -0.1) is 0 Å². The number of hydrogen-bond acceptors (Lipinski definition) is 2. The summed E-state index contributed by atoms with van der Waals surface area (Å²) < 4.78 is 2.08. The van der Waals surface area contributed by atoms with E-state index in [-0.39, 0.29) is 0 Å². The third kappa shape index (κ3) is 2.67. The van der Waals surface area contributed by atoms with Crippen LogP contribution in [-0.4, -0.2) is 15.6 Å². The van der Waals surface area contributed by atoms with Crippen LogP contribution in [0.25, 0.3) is 5.69 Å². The number of benzene rings is 1. The topological polar surface area (TPSA) is 29.9 Å². The van der Waals surface area contributed by atoms with Crippen LogP contribution >= 0.6 is 0 Å². The minimum Gasteiger partial charge on any atom is -0.353 e. The van der Waals surface area contributed by atoms with Crippen LogP contribution < -0.4 is 5.32 Å². The minimum atomic E-state index is 0.377. The van der Waals surface area contributed by atoms with Crippen molar-refractivity contribution in [1.82, 2.24) is 9.55 Å². The molecule has 0 unspecified atom stereocenters. The Hall–Kier alpha value is -1.77. The van der Waals surface area contributed by atoms with E-state index in [0.717, 1.165) is 11.6 Å². The van der Waals surface area contributed by atoms with E-state index in [1.807, 2.05) is 12.4 Å². The first-order valence-electron chi connectivity index (χ1n) is 5.95. The molecule has 1 N–H and O–H groups in total. The van der Waals surface area contributed by atoms with Gasteiger partial charge in [0.1, 0.15) is 0 Å². The highest BCUT2D eigenvalue weighted by Gasteiger charge is 2.06. The third-order valence-corrected chi connectivity index (χ3v) is 2.54. The predicted octanol–water partition coefficient (Wildman–Crippen LogP) is 3.31. The Labute approximate surface area is 103 Å². The zero-order chi connectivity index (χ0) is 12.4. The summed E-state index contributed by atoms with van der Waals surface area (Å²) in [6.07, 6.45) is 3.81. The van der Waals surface area contributed by atoms with E-state index >= 15 is 0 Å². The lowest BCUT2D eigenvalue weighted by Crippen LogP contribution is -2.14. The van der Waals surface area contributed by atoms with Crippen molar-refractivity contribution in [3.63, 3.8) is 0 Å². The van der Waals surface area contributed by atoms with Gasteiger partial charge in [-0.25, -0.2) is 4.98 Å². The summed E-state index contributed by atoms with van der Waals surface area (Å²) in [5.41, 5.74) is 3.69. The predicted molar refractivity (Wildman–Crippen MR) is 71.8 cm³/mol. The number of rotatable bonds is 3. The third-order valence-electron chi connectivity index (χ3n) is 2.54. The van der Waals surface area contributed by atoms with Gasteiger partial charge in [-0.1, -0.05) is 6.07 Å². The van der Waals surface area contributed by atoms with E-state index in [4.69, 9.17) is 0 Å². The molecule has 0 saturated carbocycles. The van der Waals surface area contributed by atoms with Crippen molar-refractivity contribution in [1.29, 1.82) is 0 Å². The second-order valence-electron chi connectivity index (χ2n) is 4.77. The fraction of sp³-hybridized carbons (Fsp3) is 0.357.